The molecule has 1 aromatic rings. The van der Waals surface area contributed by atoms with E-state index in [9.17, 15) is 23.1 Å². The Morgan fingerprint density at radius 1 is 1.42 bits per heavy atom. The van der Waals surface area contributed by atoms with Crippen LogP contribution in [0.1, 0.15) is 18.1 Å². The number of halogens is 3. The Kier molecular flexibility index (Phi) is 3.40. The van der Waals surface area contributed by atoms with Crippen LogP contribution in [0.5, 0.6) is 0 Å². The largest absolute Gasteiger partial charge is 0.390 e. The lowest BCUT2D eigenvalue weighted by molar-refractivity contribution is -0.132. The number of aliphatic hydroxyl groups excluding tert-OH is 1. The molecule has 0 saturated carbocycles. The predicted octanol–water partition coefficient (Wildman–Crippen LogP) is 2.06. The van der Waals surface area contributed by atoms with Gasteiger partial charge in [0, 0.05) is 30.5 Å². The molecule has 4 nitrogen and oxygen atoms in total. The van der Waals surface area contributed by atoms with E-state index in [1.54, 1.807) is 19.2 Å². The summed E-state index contributed by atoms with van der Waals surface area (Å²) in [4.78, 5) is 12.7. The van der Waals surface area contributed by atoms with Crippen molar-refractivity contribution in [1.29, 1.82) is 0 Å². The normalized spacial score (nSPS) is 18.2. The standard InChI is InChI=1S/C12H13F3N2O2/c1-17(5-4-12(13,14)15)7-2-3-8-9(6-7)16-11(19)10(8)18/h2-3,6,10,18H,4-5H2,1H3,(H,16,19). The van der Waals surface area contributed by atoms with Gasteiger partial charge in [-0.15, -0.1) is 0 Å². The Morgan fingerprint density at radius 2 is 2.11 bits per heavy atom. The van der Waals surface area contributed by atoms with Gasteiger partial charge in [-0.3, -0.25) is 4.79 Å². The van der Waals surface area contributed by atoms with Crippen molar-refractivity contribution in [3.63, 3.8) is 0 Å². The van der Waals surface area contributed by atoms with Crippen LogP contribution in [0.3, 0.4) is 0 Å². The van der Waals surface area contributed by atoms with Gasteiger partial charge in [0.15, 0.2) is 6.10 Å². The van der Waals surface area contributed by atoms with Crippen molar-refractivity contribution in [3.8, 4) is 0 Å². The number of carbonyl (C=O) groups is 1. The number of alkyl halides is 3. The maximum Gasteiger partial charge on any atom is 0.390 e. The second kappa shape index (κ2) is 4.73. The van der Waals surface area contributed by atoms with Gasteiger partial charge in [0.05, 0.1) is 6.42 Å². The van der Waals surface area contributed by atoms with Crippen LogP contribution in [-0.4, -0.2) is 30.8 Å². The van der Waals surface area contributed by atoms with Crippen molar-refractivity contribution in [1.82, 2.24) is 0 Å². The molecule has 2 N–H and O–H groups in total. The number of fused-ring (bicyclic) bond motifs is 1. The molecular formula is C12H13F3N2O2. The van der Waals surface area contributed by atoms with Gasteiger partial charge in [-0.1, -0.05) is 6.07 Å². The van der Waals surface area contributed by atoms with Crippen LogP contribution in [0.25, 0.3) is 0 Å². The molecule has 0 radical (unpaired) electrons. The number of rotatable bonds is 3. The van der Waals surface area contributed by atoms with E-state index in [1.807, 2.05) is 0 Å². The molecule has 1 aliphatic heterocycles. The maximum atomic E-state index is 12.1. The van der Waals surface area contributed by atoms with Crippen LogP contribution in [0, 0.1) is 0 Å². The van der Waals surface area contributed by atoms with Crippen molar-refractivity contribution in [2.45, 2.75) is 18.7 Å². The van der Waals surface area contributed by atoms with E-state index in [2.05, 4.69) is 5.32 Å². The number of nitrogens with one attached hydrogen (secondary N) is 1. The zero-order valence-corrected chi connectivity index (χ0v) is 10.2. The molecule has 2 rings (SSSR count). The average Bonchev–Trinajstić information content (AvgIpc) is 2.61. The zero-order chi connectivity index (χ0) is 14.2. The second-order valence-electron chi connectivity index (χ2n) is 4.45. The highest BCUT2D eigenvalue weighted by molar-refractivity contribution is 6.02. The molecule has 0 fully saturated rings. The van der Waals surface area contributed by atoms with E-state index >= 15 is 0 Å². The van der Waals surface area contributed by atoms with E-state index in [1.165, 1.54) is 11.0 Å². The molecule has 0 spiro atoms. The van der Waals surface area contributed by atoms with Gasteiger partial charge < -0.3 is 15.3 Å². The molecular weight excluding hydrogens is 261 g/mol. The summed E-state index contributed by atoms with van der Waals surface area (Å²) >= 11 is 0. The van der Waals surface area contributed by atoms with Crippen LogP contribution in [-0.2, 0) is 4.79 Å². The Morgan fingerprint density at radius 3 is 2.74 bits per heavy atom. The molecule has 1 aromatic carbocycles. The third kappa shape index (κ3) is 2.98. The molecule has 0 bridgehead atoms. The van der Waals surface area contributed by atoms with Gasteiger partial charge in [-0.05, 0) is 12.1 Å². The van der Waals surface area contributed by atoms with E-state index in [4.69, 9.17) is 0 Å². The van der Waals surface area contributed by atoms with E-state index in [-0.39, 0.29) is 6.54 Å². The SMILES string of the molecule is CN(CCC(F)(F)F)c1ccc2c(c1)NC(=O)C2O. The number of amides is 1. The summed E-state index contributed by atoms with van der Waals surface area (Å²) in [6, 6.07) is 4.68. The van der Waals surface area contributed by atoms with Crippen molar-refractivity contribution in [2.24, 2.45) is 0 Å². The molecule has 7 heteroatoms. The van der Waals surface area contributed by atoms with Crippen LogP contribution in [0.4, 0.5) is 24.5 Å². The summed E-state index contributed by atoms with van der Waals surface area (Å²) < 4.78 is 36.4. The van der Waals surface area contributed by atoms with Crippen molar-refractivity contribution in [3.05, 3.63) is 23.8 Å². The smallest absolute Gasteiger partial charge is 0.378 e. The Bertz CT molecular complexity index is 502. The molecule has 19 heavy (non-hydrogen) atoms. The molecule has 1 aliphatic rings. The molecule has 1 unspecified atom stereocenters. The minimum atomic E-state index is -4.20. The molecule has 0 aromatic heterocycles. The molecule has 0 saturated heterocycles. The number of hydrogen-bond acceptors (Lipinski definition) is 3. The Balaban J connectivity index is 2.11. The molecule has 104 valence electrons. The van der Waals surface area contributed by atoms with Crippen molar-refractivity contribution >= 4 is 17.3 Å². The summed E-state index contributed by atoms with van der Waals surface area (Å²) in [7, 11) is 1.54. The first-order valence-electron chi connectivity index (χ1n) is 5.69. The first-order valence-corrected chi connectivity index (χ1v) is 5.69. The Hall–Kier alpha value is -1.76. The number of aliphatic hydroxyl groups is 1. The van der Waals surface area contributed by atoms with Gasteiger partial charge in [0.2, 0.25) is 0 Å². The number of hydrogen-bond donors (Lipinski definition) is 2. The fourth-order valence-electron chi connectivity index (χ4n) is 1.89. The van der Waals surface area contributed by atoms with Gasteiger partial charge in [0.25, 0.3) is 5.91 Å². The van der Waals surface area contributed by atoms with Crippen LogP contribution >= 0.6 is 0 Å². The first kappa shape index (κ1) is 13.7. The van der Waals surface area contributed by atoms with Gasteiger partial charge in [-0.25, -0.2) is 0 Å². The maximum absolute atomic E-state index is 12.1. The van der Waals surface area contributed by atoms with Crippen LogP contribution in [0.15, 0.2) is 18.2 Å². The topological polar surface area (TPSA) is 52.6 Å². The average molecular weight is 274 g/mol. The van der Waals surface area contributed by atoms with Crippen molar-refractivity contribution < 1.29 is 23.1 Å². The fraction of sp³-hybridized carbons (Fsp3) is 0.417. The second-order valence-corrected chi connectivity index (χ2v) is 4.45. The number of anilines is 2. The highest BCUT2D eigenvalue weighted by Crippen LogP contribution is 2.34. The number of benzene rings is 1. The number of nitrogens with zero attached hydrogens (tertiary/aromatic N) is 1. The zero-order valence-electron chi connectivity index (χ0n) is 10.2. The summed E-state index contributed by atoms with van der Waals surface area (Å²) in [6.45, 7) is -0.168. The lowest BCUT2D eigenvalue weighted by Crippen LogP contribution is -2.24. The van der Waals surface area contributed by atoms with Gasteiger partial charge in [0.1, 0.15) is 0 Å². The monoisotopic (exact) mass is 274 g/mol. The summed E-state index contributed by atoms with van der Waals surface area (Å²) in [6.07, 6.45) is -6.31. The van der Waals surface area contributed by atoms with E-state index < -0.39 is 24.6 Å². The minimum Gasteiger partial charge on any atom is -0.378 e. The lowest BCUT2D eigenvalue weighted by Gasteiger charge is -2.20. The third-order valence-electron chi connectivity index (χ3n) is 3.01. The first-order chi connectivity index (χ1) is 8.78. The Labute approximate surface area is 107 Å². The lowest BCUT2D eigenvalue weighted by atomic mass is 10.1. The van der Waals surface area contributed by atoms with E-state index in [0.717, 1.165) is 0 Å². The summed E-state index contributed by atoms with van der Waals surface area (Å²) in [5, 5.41) is 12.0. The van der Waals surface area contributed by atoms with Crippen LogP contribution in [0.2, 0.25) is 0 Å². The molecule has 1 amide bonds. The number of carbonyl (C=O) groups excluding carboxylic acids is 1. The van der Waals surface area contributed by atoms with Crippen molar-refractivity contribution in [2.75, 3.05) is 23.8 Å². The molecule has 1 heterocycles. The highest BCUT2D eigenvalue weighted by Gasteiger charge is 2.30. The third-order valence-corrected chi connectivity index (χ3v) is 3.01. The van der Waals surface area contributed by atoms with Crippen LogP contribution < -0.4 is 10.2 Å². The fourth-order valence-corrected chi connectivity index (χ4v) is 1.89. The summed E-state index contributed by atoms with van der Waals surface area (Å²) in [5.41, 5.74) is 1.43. The highest BCUT2D eigenvalue weighted by atomic mass is 19.4. The van der Waals surface area contributed by atoms with Gasteiger partial charge in [-0.2, -0.15) is 13.2 Å². The van der Waals surface area contributed by atoms with E-state index in [0.29, 0.717) is 16.9 Å². The minimum absolute atomic E-state index is 0.168. The molecule has 1 atom stereocenters. The molecule has 0 aliphatic carbocycles. The van der Waals surface area contributed by atoms with Gasteiger partial charge >= 0.3 is 6.18 Å². The summed E-state index contributed by atoms with van der Waals surface area (Å²) in [5.74, 6) is -0.523. The predicted molar refractivity (Wildman–Crippen MR) is 64.0 cm³/mol. The quantitative estimate of drug-likeness (QED) is 0.887.